The molecule has 92 valence electrons. The van der Waals surface area contributed by atoms with E-state index in [1.165, 1.54) is 0 Å². The number of carbonyl (C=O) groups excluding carboxylic acids is 1. The molecule has 0 saturated heterocycles. The van der Waals surface area contributed by atoms with Crippen molar-refractivity contribution >= 4 is 6.29 Å². The van der Waals surface area contributed by atoms with Crippen molar-refractivity contribution in [2.45, 2.75) is 18.4 Å². The molecule has 0 aliphatic heterocycles. The van der Waals surface area contributed by atoms with E-state index in [0.29, 0.717) is 12.8 Å². The van der Waals surface area contributed by atoms with E-state index in [4.69, 9.17) is 5.73 Å². The maximum absolute atomic E-state index is 11.3. The van der Waals surface area contributed by atoms with Gasteiger partial charge in [0.1, 0.15) is 6.29 Å². The van der Waals surface area contributed by atoms with Gasteiger partial charge >= 0.3 is 0 Å². The van der Waals surface area contributed by atoms with Crippen LogP contribution < -0.4 is 5.73 Å². The molecule has 2 aromatic rings. The fourth-order valence-electron chi connectivity index (χ4n) is 2.10. The summed E-state index contributed by atoms with van der Waals surface area (Å²) in [5.74, 6) is 0. The van der Waals surface area contributed by atoms with Gasteiger partial charge in [0.25, 0.3) is 0 Å². The molecule has 2 aromatic carbocycles. The Hall–Kier alpha value is -1.93. The largest absolute Gasteiger partial charge is 0.319 e. The van der Waals surface area contributed by atoms with Crippen LogP contribution in [0.1, 0.15) is 11.1 Å². The summed E-state index contributed by atoms with van der Waals surface area (Å²) >= 11 is 0. The van der Waals surface area contributed by atoms with Crippen LogP contribution in [0.2, 0.25) is 0 Å². The minimum absolute atomic E-state index is 0.562. The van der Waals surface area contributed by atoms with E-state index in [9.17, 15) is 4.79 Å². The third-order valence-electron chi connectivity index (χ3n) is 2.99. The molecule has 0 spiro atoms. The molecular weight excluding hydrogens is 222 g/mol. The Morgan fingerprint density at radius 3 is 1.56 bits per heavy atom. The molecule has 2 heteroatoms. The van der Waals surface area contributed by atoms with Gasteiger partial charge in [-0.2, -0.15) is 0 Å². The SMILES string of the molecule is NC(C=O)(Cc1ccccc1)Cc1ccccc1. The van der Waals surface area contributed by atoms with Crippen molar-refractivity contribution in [1.82, 2.24) is 0 Å². The average Bonchev–Trinajstić information content (AvgIpc) is 2.41. The lowest BCUT2D eigenvalue weighted by Gasteiger charge is -2.23. The molecule has 2 rings (SSSR count). The van der Waals surface area contributed by atoms with E-state index < -0.39 is 5.54 Å². The monoisotopic (exact) mass is 239 g/mol. The number of hydrogen-bond donors (Lipinski definition) is 1. The first-order valence-electron chi connectivity index (χ1n) is 6.05. The number of nitrogens with two attached hydrogens (primary N) is 1. The second kappa shape index (κ2) is 5.61. The molecule has 0 radical (unpaired) electrons. The number of benzene rings is 2. The van der Waals surface area contributed by atoms with Crippen molar-refractivity contribution in [1.29, 1.82) is 0 Å². The molecule has 0 aromatic heterocycles. The Balaban J connectivity index is 2.13. The van der Waals surface area contributed by atoms with Crippen molar-refractivity contribution in [2.75, 3.05) is 0 Å². The van der Waals surface area contributed by atoms with Crippen molar-refractivity contribution in [3.05, 3.63) is 71.8 Å². The molecule has 0 unspecified atom stereocenters. The summed E-state index contributed by atoms with van der Waals surface area (Å²) in [4.78, 5) is 11.3. The van der Waals surface area contributed by atoms with Crippen molar-refractivity contribution < 1.29 is 4.79 Å². The topological polar surface area (TPSA) is 43.1 Å². The summed E-state index contributed by atoms with van der Waals surface area (Å²) in [5, 5.41) is 0. The van der Waals surface area contributed by atoms with Gasteiger partial charge in [-0.15, -0.1) is 0 Å². The fourth-order valence-corrected chi connectivity index (χ4v) is 2.10. The number of carbonyl (C=O) groups is 1. The highest BCUT2D eigenvalue weighted by molar-refractivity contribution is 5.65. The van der Waals surface area contributed by atoms with Gasteiger partial charge in [-0.3, -0.25) is 0 Å². The highest BCUT2D eigenvalue weighted by atomic mass is 16.1. The van der Waals surface area contributed by atoms with E-state index in [1.807, 2.05) is 60.7 Å². The molecule has 2 N–H and O–H groups in total. The molecular formula is C16H17NO. The lowest BCUT2D eigenvalue weighted by molar-refractivity contribution is -0.112. The number of rotatable bonds is 5. The normalized spacial score (nSPS) is 11.2. The van der Waals surface area contributed by atoms with Crippen LogP contribution in [0.15, 0.2) is 60.7 Å². The molecule has 0 aliphatic rings. The molecule has 0 fully saturated rings. The zero-order valence-corrected chi connectivity index (χ0v) is 10.3. The standard InChI is InChI=1S/C16H17NO/c17-16(13-18,11-14-7-3-1-4-8-14)12-15-9-5-2-6-10-15/h1-10,13H,11-12,17H2. The zero-order valence-electron chi connectivity index (χ0n) is 10.3. The average molecular weight is 239 g/mol. The molecule has 0 bridgehead atoms. The maximum atomic E-state index is 11.3. The van der Waals surface area contributed by atoms with Gasteiger partial charge in [0.2, 0.25) is 0 Å². The minimum atomic E-state index is -0.831. The Labute approximate surface area is 107 Å². The molecule has 0 saturated carbocycles. The van der Waals surface area contributed by atoms with Crippen molar-refractivity contribution in [3.8, 4) is 0 Å². The smallest absolute Gasteiger partial charge is 0.140 e. The third-order valence-corrected chi connectivity index (χ3v) is 2.99. The summed E-state index contributed by atoms with van der Waals surface area (Å²) in [6.07, 6.45) is 1.99. The molecule has 2 nitrogen and oxygen atoms in total. The minimum Gasteiger partial charge on any atom is -0.319 e. The Morgan fingerprint density at radius 2 is 1.22 bits per heavy atom. The van der Waals surface area contributed by atoms with E-state index >= 15 is 0 Å². The summed E-state index contributed by atoms with van der Waals surface area (Å²) < 4.78 is 0. The van der Waals surface area contributed by atoms with Crippen LogP contribution in [0.4, 0.5) is 0 Å². The Bertz CT molecular complexity index is 452. The quantitative estimate of drug-likeness (QED) is 0.814. The predicted octanol–water partition coefficient (Wildman–Crippen LogP) is 2.37. The molecule has 0 heterocycles. The summed E-state index contributed by atoms with van der Waals surface area (Å²) in [6.45, 7) is 0. The summed E-state index contributed by atoms with van der Waals surface area (Å²) in [6, 6.07) is 19.7. The van der Waals surface area contributed by atoms with Crippen LogP contribution in [-0.2, 0) is 17.6 Å². The molecule has 18 heavy (non-hydrogen) atoms. The van der Waals surface area contributed by atoms with E-state index in [2.05, 4.69) is 0 Å². The second-order valence-corrected chi connectivity index (χ2v) is 4.68. The molecule has 0 amide bonds. The first-order valence-corrected chi connectivity index (χ1v) is 6.05. The van der Waals surface area contributed by atoms with Crippen LogP contribution in [-0.4, -0.2) is 11.8 Å². The van der Waals surface area contributed by atoms with Gasteiger partial charge < -0.3 is 10.5 Å². The van der Waals surface area contributed by atoms with E-state index in [0.717, 1.165) is 17.4 Å². The Morgan fingerprint density at radius 1 is 0.833 bits per heavy atom. The fraction of sp³-hybridized carbons (Fsp3) is 0.188. The lowest BCUT2D eigenvalue weighted by Crippen LogP contribution is -2.46. The zero-order chi connectivity index (χ0) is 12.8. The second-order valence-electron chi connectivity index (χ2n) is 4.68. The first kappa shape index (κ1) is 12.5. The van der Waals surface area contributed by atoms with Gasteiger partial charge in [0, 0.05) is 0 Å². The van der Waals surface area contributed by atoms with Crippen LogP contribution in [0.5, 0.6) is 0 Å². The number of aldehydes is 1. The van der Waals surface area contributed by atoms with Gasteiger partial charge in [-0.25, -0.2) is 0 Å². The Kier molecular flexibility index (Phi) is 3.90. The van der Waals surface area contributed by atoms with Crippen molar-refractivity contribution in [3.63, 3.8) is 0 Å². The highest BCUT2D eigenvalue weighted by Crippen LogP contribution is 2.15. The van der Waals surface area contributed by atoms with Gasteiger partial charge in [-0.05, 0) is 24.0 Å². The van der Waals surface area contributed by atoms with Crippen LogP contribution in [0.3, 0.4) is 0 Å². The number of hydrogen-bond acceptors (Lipinski definition) is 2. The van der Waals surface area contributed by atoms with Crippen LogP contribution in [0, 0.1) is 0 Å². The predicted molar refractivity (Wildman–Crippen MR) is 73.3 cm³/mol. The van der Waals surface area contributed by atoms with Crippen molar-refractivity contribution in [2.24, 2.45) is 5.73 Å². The van der Waals surface area contributed by atoms with Gasteiger partial charge in [0.15, 0.2) is 0 Å². The van der Waals surface area contributed by atoms with E-state index in [-0.39, 0.29) is 0 Å². The van der Waals surface area contributed by atoms with Crippen LogP contribution in [0.25, 0.3) is 0 Å². The van der Waals surface area contributed by atoms with E-state index in [1.54, 1.807) is 0 Å². The summed E-state index contributed by atoms with van der Waals surface area (Å²) in [5.41, 5.74) is 7.53. The summed E-state index contributed by atoms with van der Waals surface area (Å²) in [7, 11) is 0. The molecule has 0 aliphatic carbocycles. The lowest BCUT2D eigenvalue weighted by atomic mass is 9.87. The maximum Gasteiger partial charge on any atom is 0.140 e. The first-order chi connectivity index (χ1) is 8.72. The van der Waals surface area contributed by atoms with Gasteiger partial charge in [-0.1, -0.05) is 60.7 Å². The van der Waals surface area contributed by atoms with Crippen LogP contribution >= 0.6 is 0 Å². The van der Waals surface area contributed by atoms with Gasteiger partial charge in [0.05, 0.1) is 5.54 Å². The third kappa shape index (κ3) is 3.28. The molecule has 0 atom stereocenters. The highest BCUT2D eigenvalue weighted by Gasteiger charge is 2.25.